The number of hydrogen-bond acceptors (Lipinski definition) is 7. The second-order valence-corrected chi connectivity index (χ2v) is 4.45. The molecule has 19 heavy (non-hydrogen) atoms. The van der Waals surface area contributed by atoms with E-state index in [2.05, 4.69) is 35.5 Å². The maximum absolute atomic E-state index is 5.13. The number of piperidine rings is 1. The number of tetrazole rings is 1. The average Bonchev–Trinajstić information content (AvgIpc) is 3.02. The van der Waals surface area contributed by atoms with E-state index >= 15 is 0 Å². The Morgan fingerprint density at radius 3 is 3.21 bits per heavy atom. The minimum absolute atomic E-state index is 0.266. The van der Waals surface area contributed by atoms with Gasteiger partial charge in [0.1, 0.15) is 0 Å². The van der Waals surface area contributed by atoms with Gasteiger partial charge in [-0.25, -0.2) is 4.98 Å². The Kier molecular flexibility index (Phi) is 3.21. The SMILES string of the molecule is COc1ccnc(N2CCC[C@@H](c3nn[nH]n3)C2)n1. The van der Waals surface area contributed by atoms with Crippen LogP contribution in [0.15, 0.2) is 12.3 Å². The third-order valence-corrected chi connectivity index (χ3v) is 3.26. The van der Waals surface area contributed by atoms with Gasteiger partial charge in [0.05, 0.1) is 7.11 Å². The van der Waals surface area contributed by atoms with Crippen molar-refractivity contribution in [3.8, 4) is 5.88 Å². The predicted molar refractivity (Wildman–Crippen MR) is 66.9 cm³/mol. The van der Waals surface area contributed by atoms with Gasteiger partial charge in [-0.3, -0.25) is 0 Å². The Bertz CT molecular complexity index is 530. The van der Waals surface area contributed by atoms with Crippen molar-refractivity contribution in [3.05, 3.63) is 18.1 Å². The standard InChI is InChI=1S/C11H15N7O/c1-19-9-4-5-12-11(13-9)18-6-2-3-8(7-18)10-14-16-17-15-10/h4-5,8H,2-3,6-7H2,1H3,(H,14,15,16,17)/t8-/m1/s1. The normalized spacial score (nSPS) is 19.4. The molecule has 3 heterocycles. The first-order valence-corrected chi connectivity index (χ1v) is 6.22. The van der Waals surface area contributed by atoms with Crippen molar-refractivity contribution >= 4 is 5.95 Å². The van der Waals surface area contributed by atoms with Crippen LogP contribution in [0.4, 0.5) is 5.95 Å². The number of hydrogen-bond donors (Lipinski definition) is 1. The van der Waals surface area contributed by atoms with E-state index in [1.54, 1.807) is 19.4 Å². The van der Waals surface area contributed by atoms with Crippen LogP contribution in [0.1, 0.15) is 24.6 Å². The maximum atomic E-state index is 5.13. The molecule has 0 aromatic carbocycles. The molecule has 0 aliphatic carbocycles. The van der Waals surface area contributed by atoms with E-state index in [0.717, 1.165) is 31.8 Å². The minimum Gasteiger partial charge on any atom is -0.481 e. The van der Waals surface area contributed by atoms with E-state index in [9.17, 15) is 0 Å². The van der Waals surface area contributed by atoms with E-state index in [-0.39, 0.29) is 5.92 Å². The molecule has 2 aromatic heterocycles. The van der Waals surface area contributed by atoms with Gasteiger partial charge in [0.15, 0.2) is 5.82 Å². The van der Waals surface area contributed by atoms with Gasteiger partial charge in [0, 0.05) is 31.3 Å². The number of nitrogens with one attached hydrogen (secondary N) is 1. The van der Waals surface area contributed by atoms with Gasteiger partial charge < -0.3 is 9.64 Å². The van der Waals surface area contributed by atoms with Crippen molar-refractivity contribution in [1.82, 2.24) is 30.6 Å². The van der Waals surface area contributed by atoms with Gasteiger partial charge in [-0.2, -0.15) is 10.2 Å². The number of rotatable bonds is 3. The third kappa shape index (κ3) is 2.47. The number of ether oxygens (including phenoxy) is 1. The van der Waals surface area contributed by atoms with Crippen LogP contribution in [0.25, 0.3) is 0 Å². The Morgan fingerprint density at radius 1 is 1.47 bits per heavy atom. The molecular weight excluding hydrogens is 246 g/mol. The predicted octanol–water partition coefficient (Wildman–Crippen LogP) is 0.382. The molecule has 1 atom stereocenters. The zero-order valence-electron chi connectivity index (χ0n) is 10.7. The van der Waals surface area contributed by atoms with Crippen LogP contribution in [-0.4, -0.2) is 50.8 Å². The lowest BCUT2D eigenvalue weighted by atomic mass is 9.98. The number of aromatic nitrogens is 6. The summed E-state index contributed by atoms with van der Waals surface area (Å²) in [6.45, 7) is 1.73. The summed E-state index contributed by atoms with van der Waals surface area (Å²) in [6, 6.07) is 1.74. The lowest BCUT2D eigenvalue weighted by Gasteiger charge is -2.31. The van der Waals surface area contributed by atoms with E-state index < -0.39 is 0 Å². The molecule has 0 amide bonds. The summed E-state index contributed by atoms with van der Waals surface area (Å²) < 4.78 is 5.13. The Morgan fingerprint density at radius 2 is 2.42 bits per heavy atom. The first kappa shape index (κ1) is 11.8. The summed E-state index contributed by atoms with van der Waals surface area (Å²) in [5.74, 6) is 2.29. The van der Waals surface area contributed by atoms with E-state index in [1.165, 1.54) is 0 Å². The quantitative estimate of drug-likeness (QED) is 0.853. The monoisotopic (exact) mass is 261 g/mol. The number of nitrogens with zero attached hydrogens (tertiary/aromatic N) is 6. The molecular formula is C11H15N7O. The summed E-state index contributed by atoms with van der Waals surface area (Å²) in [5.41, 5.74) is 0. The summed E-state index contributed by atoms with van der Waals surface area (Å²) in [5, 5.41) is 14.2. The van der Waals surface area contributed by atoms with Crippen molar-refractivity contribution in [1.29, 1.82) is 0 Å². The first-order chi connectivity index (χ1) is 9.36. The van der Waals surface area contributed by atoms with Gasteiger partial charge in [-0.1, -0.05) is 5.21 Å². The number of methoxy groups -OCH3 is 1. The molecule has 1 aliphatic rings. The summed E-state index contributed by atoms with van der Waals surface area (Å²) in [7, 11) is 1.60. The molecule has 0 radical (unpaired) electrons. The van der Waals surface area contributed by atoms with Crippen molar-refractivity contribution < 1.29 is 4.74 Å². The molecule has 100 valence electrons. The molecule has 8 nitrogen and oxygen atoms in total. The van der Waals surface area contributed by atoms with E-state index in [0.29, 0.717) is 11.8 Å². The molecule has 8 heteroatoms. The van der Waals surface area contributed by atoms with Crippen LogP contribution < -0.4 is 9.64 Å². The zero-order valence-corrected chi connectivity index (χ0v) is 10.7. The summed E-state index contributed by atoms with van der Waals surface area (Å²) in [4.78, 5) is 10.8. The fourth-order valence-corrected chi connectivity index (χ4v) is 2.31. The highest BCUT2D eigenvalue weighted by atomic mass is 16.5. The van der Waals surface area contributed by atoms with Gasteiger partial charge in [0.2, 0.25) is 11.8 Å². The van der Waals surface area contributed by atoms with Gasteiger partial charge in [-0.15, -0.1) is 10.2 Å². The topological polar surface area (TPSA) is 92.7 Å². The molecule has 1 saturated heterocycles. The number of aromatic amines is 1. The van der Waals surface area contributed by atoms with Crippen LogP contribution in [-0.2, 0) is 0 Å². The smallest absolute Gasteiger partial charge is 0.228 e. The van der Waals surface area contributed by atoms with Gasteiger partial charge >= 0.3 is 0 Å². The van der Waals surface area contributed by atoms with Crippen molar-refractivity contribution in [2.75, 3.05) is 25.1 Å². The highest BCUT2D eigenvalue weighted by Crippen LogP contribution is 2.26. The molecule has 2 aromatic rings. The van der Waals surface area contributed by atoms with E-state index in [1.807, 2.05) is 0 Å². The summed E-state index contributed by atoms with van der Waals surface area (Å²) in [6.07, 6.45) is 3.82. The van der Waals surface area contributed by atoms with Crippen LogP contribution in [0.2, 0.25) is 0 Å². The van der Waals surface area contributed by atoms with Crippen molar-refractivity contribution in [3.63, 3.8) is 0 Å². The summed E-state index contributed by atoms with van der Waals surface area (Å²) >= 11 is 0. The molecule has 0 spiro atoms. The first-order valence-electron chi connectivity index (χ1n) is 6.22. The highest BCUT2D eigenvalue weighted by molar-refractivity contribution is 5.33. The van der Waals surface area contributed by atoms with Crippen molar-refractivity contribution in [2.24, 2.45) is 0 Å². The number of H-pyrrole nitrogens is 1. The molecule has 1 fully saturated rings. The molecule has 0 saturated carbocycles. The van der Waals surface area contributed by atoms with Crippen LogP contribution in [0, 0.1) is 0 Å². The maximum Gasteiger partial charge on any atom is 0.228 e. The molecule has 3 rings (SSSR count). The highest BCUT2D eigenvalue weighted by Gasteiger charge is 2.25. The molecule has 1 aliphatic heterocycles. The average molecular weight is 261 g/mol. The van der Waals surface area contributed by atoms with Crippen LogP contribution >= 0.6 is 0 Å². The molecule has 0 bridgehead atoms. The van der Waals surface area contributed by atoms with Crippen LogP contribution in [0.5, 0.6) is 5.88 Å². The largest absolute Gasteiger partial charge is 0.481 e. The lowest BCUT2D eigenvalue weighted by molar-refractivity contribution is 0.395. The van der Waals surface area contributed by atoms with Gasteiger partial charge in [-0.05, 0) is 12.8 Å². The van der Waals surface area contributed by atoms with Crippen molar-refractivity contribution in [2.45, 2.75) is 18.8 Å². The Labute approximate surface area is 110 Å². The molecule has 0 unspecified atom stereocenters. The van der Waals surface area contributed by atoms with Crippen LogP contribution in [0.3, 0.4) is 0 Å². The fourth-order valence-electron chi connectivity index (χ4n) is 2.31. The Hall–Kier alpha value is -2.25. The second kappa shape index (κ2) is 5.17. The minimum atomic E-state index is 0.266. The van der Waals surface area contributed by atoms with Gasteiger partial charge in [0.25, 0.3) is 0 Å². The lowest BCUT2D eigenvalue weighted by Crippen LogP contribution is -2.36. The third-order valence-electron chi connectivity index (χ3n) is 3.26. The zero-order chi connectivity index (χ0) is 13.1. The van der Waals surface area contributed by atoms with E-state index in [4.69, 9.17) is 4.74 Å². The second-order valence-electron chi connectivity index (χ2n) is 4.45. The Balaban J connectivity index is 1.77. The number of anilines is 1. The molecule has 1 N–H and O–H groups in total. The fraction of sp³-hybridized carbons (Fsp3) is 0.545.